The average molecular weight is 254 g/mol. The average Bonchev–Trinajstić information content (AvgIpc) is 2.63. The van der Waals surface area contributed by atoms with Gasteiger partial charge in [0.15, 0.2) is 0 Å². The van der Waals surface area contributed by atoms with Crippen molar-refractivity contribution in [1.29, 1.82) is 0 Å². The van der Waals surface area contributed by atoms with E-state index in [4.69, 9.17) is 5.73 Å². The summed E-state index contributed by atoms with van der Waals surface area (Å²) < 4.78 is 0. The number of nitrogens with two attached hydrogens (primary N) is 1. The Morgan fingerprint density at radius 1 is 1.41 bits per heavy atom. The summed E-state index contributed by atoms with van der Waals surface area (Å²) in [4.78, 5) is 11.8. The Balaban J connectivity index is 1.88. The molecule has 0 saturated heterocycles. The molecule has 17 heavy (non-hydrogen) atoms. The van der Waals surface area contributed by atoms with Crippen molar-refractivity contribution >= 4 is 22.4 Å². The quantitative estimate of drug-likeness (QED) is 0.862. The molecule has 1 heterocycles. The monoisotopic (exact) mass is 254 g/mol. The molecule has 3 N–H and O–H groups in total. The van der Waals surface area contributed by atoms with Crippen molar-refractivity contribution < 1.29 is 4.79 Å². The van der Waals surface area contributed by atoms with Crippen molar-refractivity contribution in [2.45, 2.75) is 51.0 Å². The minimum Gasteiger partial charge on any atom is -0.325 e. The zero-order valence-corrected chi connectivity index (χ0v) is 10.8. The highest BCUT2D eigenvalue weighted by Gasteiger charge is 2.30. The second-order valence-corrected chi connectivity index (χ2v) is 5.96. The molecule has 6 heteroatoms. The van der Waals surface area contributed by atoms with Gasteiger partial charge >= 0.3 is 0 Å². The second kappa shape index (κ2) is 5.10. The van der Waals surface area contributed by atoms with Gasteiger partial charge in [-0.2, -0.15) is 0 Å². The summed E-state index contributed by atoms with van der Waals surface area (Å²) in [7, 11) is 0. The van der Waals surface area contributed by atoms with Crippen LogP contribution < -0.4 is 11.1 Å². The van der Waals surface area contributed by atoms with Gasteiger partial charge in [-0.1, -0.05) is 30.6 Å². The van der Waals surface area contributed by atoms with Crippen LogP contribution in [0.25, 0.3) is 0 Å². The first-order chi connectivity index (χ1) is 8.07. The summed E-state index contributed by atoms with van der Waals surface area (Å²) in [5.41, 5.74) is 5.91. The number of carbonyl (C=O) groups excluding carboxylic acids is 1. The van der Waals surface area contributed by atoms with Crippen LogP contribution in [-0.4, -0.2) is 21.6 Å². The van der Waals surface area contributed by atoms with E-state index < -0.39 is 0 Å². The standard InChI is InChI=1S/C11H18N4OS/c1-8-14-15-10(17-8)13-9(16)7-11(12)5-3-2-4-6-11/h2-7,12H2,1H3,(H,13,15,16). The van der Waals surface area contributed by atoms with Crippen LogP contribution in [0, 0.1) is 6.92 Å². The fourth-order valence-corrected chi connectivity index (χ4v) is 2.87. The van der Waals surface area contributed by atoms with Crippen molar-refractivity contribution in [3.63, 3.8) is 0 Å². The fourth-order valence-electron chi connectivity index (χ4n) is 2.26. The van der Waals surface area contributed by atoms with Gasteiger partial charge in [-0.05, 0) is 19.8 Å². The van der Waals surface area contributed by atoms with Crippen LogP contribution in [0.2, 0.25) is 0 Å². The van der Waals surface area contributed by atoms with Gasteiger partial charge in [0.2, 0.25) is 11.0 Å². The Labute approximate surface area is 105 Å². The van der Waals surface area contributed by atoms with Gasteiger partial charge in [0.25, 0.3) is 0 Å². The molecule has 1 saturated carbocycles. The zero-order valence-electron chi connectivity index (χ0n) is 10.0. The molecule has 1 aliphatic rings. The van der Waals surface area contributed by atoms with Crippen LogP contribution in [0.15, 0.2) is 0 Å². The first-order valence-corrected chi connectivity index (χ1v) is 6.78. The minimum absolute atomic E-state index is 0.0504. The lowest BCUT2D eigenvalue weighted by Crippen LogP contribution is -2.44. The van der Waals surface area contributed by atoms with Crippen LogP contribution in [0.1, 0.15) is 43.5 Å². The smallest absolute Gasteiger partial charge is 0.228 e. The van der Waals surface area contributed by atoms with Gasteiger partial charge in [-0.3, -0.25) is 4.79 Å². The molecule has 1 aliphatic carbocycles. The molecule has 0 spiro atoms. The van der Waals surface area contributed by atoms with Gasteiger partial charge in [-0.15, -0.1) is 10.2 Å². The molecule has 0 bridgehead atoms. The number of nitrogens with zero attached hydrogens (tertiary/aromatic N) is 2. The molecular formula is C11H18N4OS. The highest BCUT2D eigenvalue weighted by atomic mass is 32.1. The highest BCUT2D eigenvalue weighted by Crippen LogP contribution is 2.29. The van der Waals surface area contributed by atoms with E-state index in [9.17, 15) is 4.79 Å². The molecule has 1 aromatic heterocycles. The summed E-state index contributed by atoms with van der Waals surface area (Å²) in [6, 6.07) is 0. The number of hydrogen-bond donors (Lipinski definition) is 2. The normalized spacial score (nSPS) is 18.9. The highest BCUT2D eigenvalue weighted by molar-refractivity contribution is 7.15. The molecular weight excluding hydrogens is 236 g/mol. The molecule has 1 amide bonds. The lowest BCUT2D eigenvalue weighted by atomic mass is 9.80. The molecule has 1 fully saturated rings. The van der Waals surface area contributed by atoms with Crippen LogP contribution >= 0.6 is 11.3 Å². The summed E-state index contributed by atoms with van der Waals surface area (Å²) in [6.07, 6.45) is 5.75. The first-order valence-electron chi connectivity index (χ1n) is 5.96. The van der Waals surface area contributed by atoms with Crippen molar-refractivity contribution in [2.75, 3.05) is 5.32 Å². The van der Waals surface area contributed by atoms with Crippen LogP contribution in [0.5, 0.6) is 0 Å². The third-order valence-corrected chi connectivity index (χ3v) is 3.89. The third-order valence-electron chi connectivity index (χ3n) is 3.13. The fraction of sp³-hybridized carbons (Fsp3) is 0.727. The largest absolute Gasteiger partial charge is 0.325 e. The summed E-state index contributed by atoms with van der Waals surface area (Å²) in [6.45, 7) is 1.86. The molecule has 94 valence electrons. The van der Waals surface area contributed by atoms with E-state index >= 15 is 0 Å². The van der Waals surface area contributed by atoms with Gasteiger partial charge < -0.3 is 11.1 Å². The van der Waals surface area contributed by atoms with Crippen molar-refractivity contribution in [3.05, 3.63) is 5.01 Å². The molecule has 0 aromatic carbocycles. The Kier molecular flexibility index (Phi) is 3.73. The zero-order chi connectivity index (χ0) is 12.3. The Bertz CT molecular complexity index is 398. The Morgan fingerprint density at radius 2 is 2.12 bits per heavy atom. The van der Waals surface area contributed by atoms with Crippen molar-refractivity contribution in [3.8, 4) is 0 Å². The van der Waals surface area contributed by atoms with Crippen LogP contribution in [0.4, 0.5) is 5.13 Å². The molecule has 0 radical (unpaired) electrons. The number of hydrogen-bond acceptors (Lipinski definition) is 5. The van der Waals surface area contributed by atoms with E-state index in [0.29, 0.717) is 11.6 Å². The van der Waals surface area contributed by atoms with E-state index in [-0.39, 0.29) is 11.4 Å². The summed E-state index contributed by atoms with van der Waals surface area (Å²) >= 11 is 1.38. The lowest BCUT2D eigenvalue weighted by Gasteiger charge is -2.32. The van der Waals surface area contributed by atoms with E-state index in [2.05, 4.69) is 15.5 Å². The number of carbonyl (C=O) groups is 1. The number of aromatic nitrogens is 2. The number of amides is 1. The Morgan fingerprint density at radius 3 is 2.71 bits per heavy atom. The molecule has 0 atom stereocenters. The topological polar surface area (TPSA) is 80.9 Å². The number of rotatable bonds is 3. The lowest BCUT2D eigenvalue weighted by molar-refractivity contribution is -0.117. The SMILES string of the molecule is Cc1nnc(NC(=O)CC2(N)CCCCC2)s1. The third kappa shape index (κ3) is 3.47. The van der Waals surface area contributed by atoms with Crippen LogP contribution in [0.3, 0.4) is 0 Å². The second-order valence-electron chi connectivity index (χ2n) is 4.77. The summed E-state index contributed by atoms with van der Waals surface area (Å²) in [5, 5.41) is 11.9. The van der Waals surface area contributed by atoms with Crippen molar-refractivity contribution in [1.82, 2.24) is 10.2 Å². The minimum atomic E-state index is -0.317. The Hall–Kier alpha value is -1.01. The molecule has 0 unspecified atom stereocenters. The molecule has 2 rings (SSSR count). The maximum atomic E-state index is 11.8. The van der Waals surface area contributed by atoms with E-state index in [0.717, 1.165) is 30.7 Å². The number of anilines is 1. The first kappa shape index (κ1) is 12.4. The van der Waals surface area contributed by atoms with Crippen LogP contribution in [-0.2, 0) is 4.79 Å². The van der Waals surface area contributed by atoms with E-state index in [1.807, 2.05) is 6.92 Å². The summed E-state index contributed by atoms with van der Waals surface area (Å²) in [5.74, 6) is -0.0504. The predicted octanol–water partition coefficient (Wildman–Crippen LogP) is 1.84. The van der Waals surface area contributed by atoms with Gasteiger partial charge in [0.05, 0.1) is 0 Å². The van der Waals surface area contributed by atoms with E-state index in [1.54, 1.807) is 0 Å². The molecule has 0 aliphatic heterocycles. The maximum Gasteiger partial charge on any atom is 0.228 e. The van der Waals surface area contributed by atoms with Gasteiger partial charge in [0, 0.05) is 12.0 Å². The van der Waals surface area contributed by atoms with Gasteiger partial charge in [-0.25, -0.2) is 0 Å². The van der Waals surface area contributed by atoms with Crippen molar-refractivity contribution in [2.24, 2.45) is 5.73 Å². The molecule has 5 nitrogen and oxygen atoms in total. The van der Waals surface area contributed by atoms with E-state index in [1.165, 1.54) is 17.8 Å². The molecule has 1 aromatic rings. The van der Waals surface area contributed by atoms with Gasteiger partial charge in [0.1, 0.15) is 5.01 Å². The predicted molar refractivity (Wildman–Crippen MR) is 67.9 cm³/mol. The number of nitrogens with one attached hydrogen (secondary N) is 1. The maximum absolute atomic E-state index is 11.8. The number of aryl methyl sites for hydroxylation is 1.